The zero-order valence-electron chi connectivity index (χ0n) is 11.1. The van der Waals surface area contributed by atoms with Crippen molar-refractivity contribution >= 4 is 11.7 Å². The van der Waals surface area contributed by atoms with Crippen LogP contribution >= 0.6 is 0 Å². The molecule has 0 radical (unpaired) electrons. The van der Waals surface area contributed by atoms with Crippen LogP contribution in [0.2, 0.25) is 0 Å². The third kappa shape index (κ3) is 2.94. The Labute approximate surface area is 108 Å². The normalized spacial score (nSPS) is 19.7. The Bertz CT molecular complexity index is 424. The van der Waals surface area contributed by atoms with Gasteiger partial charge in [0, 0.05) is 12.2 Å². The van der Waals surface area contributed by atoms with Gasteiger partial charge in [0.1, 0.15) is 6.17 Å². The van der Waals surface area contributed by atoms with Crippen molar-refractivity contribution in [3.63, 3.8) is 0 Å². The summed E-state index contributed by atoms with van der Waals surface area (Å²) >= 11 is 0. The lowest BCUT2D eigenvalue weighted by Crippen LogP contribution is -2.52. The first-order valence-corrected chi connectivity index (χ1v) is 6.47. The molecule has 0 spiro atoms. The maximum atomic E-state index is 11.1. The Kier molecular flexibility index (Phi) is 3.75. The highest BCUT2D eigenvalue weighted by Crippen LogP contribution is 2.25. The van der Waals surface area contributed by atoms with Crippen LogP contribution in [0, 0.1) is 13.8 Å². The molecule has 18 heavy (non-hydrogen) atoms. The lowest BCUT2D eigenvalue weighted by molar-refractivity contribution is 0.242. The quantitative estimate of drug-likeness (QED) is 0.842. The number of primary amides is 1. The summed E-state index contributed by atoms with van der Waals surface area (Å²) in [6.45, 7) is 5.15. The molecule has 1 unspecified atom stereocenters. The van der Waals surface area contributed by atoms with E-state index < -0.39 is 6.03 Å². The van der Waals surface area contributed by atoms with Crippen molar-refractivity contribution in [2.45, 2.75) is 39.3 Å². The largest absolute Gasteiger partial charge is 0.352 e. The number of hydrogen-bond acceptors (Lipinski definition) is 2. The maximum Gasteiger partial charge on any atom is 0.313 e. The minimum Gasteiger partial charge on any atom is -0.352 e. The molecular formula is C14H21N3O. The minimum absolute atomic E-state index is 0.0254. The number of nitrogens with one attached hydrogen (secondary N) is 1. The van der Waals surface area contributed by atoms with E-state index in [0.29, 0.717) is 0 Å². The van der Waals surface area contributed by atoms with Crippen molar-refractivity contribution < 1.29 is 4.79 Å². The molecule has 1 aliphatic heterocycles. The average molecular weight is 247 g/mol. The van der Waals surface area contributed by atoms with Gasteiger partial charge in [-0.25, -0.2) is 4.79 Å². The fourth-order valence-corrected chi connectivity index (χ4v) is 2.67. The second-order valence-corrected chi connectivity index (χ2v) is 5.06. The summed E-state index contributed by atoms with van der Waals surface area (Å²) < 4.78 is 0. The van der Waals surface area contributed by atoms with Gasteiger partial charge in [0.05, 0.1) is 0 Å². The van der Waals surface area contributed by atoms with Crippen LogP contribution in [0.5, 0.6) is 0 Å². The molecule has 98 valence electrons. The number of nitrogens with zero attached hydrogens (tertiary/aromatic N) is 1. The molecule has 3 N–H and O–H groups in total. The fraction of sp³-hybridized carbons (Fsp3) is 0.500. The van der Waals surface area contributed by atoms with Gasteiger partial charge in [-0.2, -0.15) is 0 Å². The van der Waals surface area contributed by atoms with Crippen LogP contribution < -0.4 is 16.0 Å². The van der Waals surface area contributed by atoms with E-state index in [4.69, 9.17) is 5.73 Å². The van der Waals surface area contributed by atoms with Gasteiger partial charge in [-0.1, -0.05) is 6.07 Å². The van der Waals surface area contributed by atoms with E-state index in [1.165, 1.54) is 16.8 Å². The summed E-state index contributed by atoms with van der Waals surface area (Å²) in [6.07, 6.45) is 3.27. The molecule has 4 heteroatoms. The Morgan fingerprint density at radius 1 is 1.28 bits per heavy atom. The van der Waals surface area contributed by atoms with Crippen molar-refractivity contribution in [2.24, 2.45) is 5.73 Å². The average Bonchev–Trinajstić information content (AvgIpc) is 2.27. The Hall–Kier alpha value is -1.71. The van der Waals surface area contributed by atoms with Crippen molar-refractivity contribution in [1.82, 2.24) is 5.32 Å². The number of carbonyl (C=O) groups excluding carboxylic acids is 1. The van der Waals surface area contributed by atoms with E-state index in [2.05, 4.69) is 42.3 Å². The van der Waals surface area contributed by atoms with Gasteiger partial charge in [0.2, 0.25) is 0 Å². The van der Waals surface area contributed by atoms with Crippen LogP contribution in [-0.2, 0) is 0 Å². The smallest absolute Gasteiger partial charge is 0.313 e. The van der Waals surface area contributed by atoms with E-state index in [1.807, 2.05) is 0 Å². The highest BCUT2D eigenvalue weighted by Gasteiger charge is 2.23. The molecule has 1 atom stereocenters. The molecule has 2 rings (SSSR count). The van der Waals surface area contributed by atoms with Crippen molar-refractivity contribution in [3.05, 3.63) is 29.3 Å². The molecule has 1 fully saturated rings. The summed E-state index contributed by atoms with van der Waals surface area (Å²) in [6, 6.07) is 6.03. The summed E-state index contributed by atoms with van der Waals surface area (Å²) in [5.74, 6) is 0. The maximum absolute atomic E-state index is 11.1. The number of urea groups is 1. The van der Waals surface area contributed by atoms with Crippen LogP contribution in [-0.4, -0.2) is 18.7 Å². The summed E-state index contributed by atoms with van der Waals surface area (Å²) in [5, 5.41) is 2.83. The third-order valence-electron chi connectivity index (χ3n) is 3.35. The van der Waals surface area contributed by atoms with E-state index in [1.54, 1.807) is 0 Å². The van der Waals surface area contributed by atoms with Crippen LogP contribution in [0.3, 0.4) is 0 Å². The topological polar surface area (TPSA) is 58.4 Å². The molecule has 0 aromatic heterocycles. The molecule has 4 nitrogen and oxygen atoms in total. The number of benzene rings is 1. The van der Waals surface area contributed by atoms with Gasteiger partial charge in [0.15, 0.2) is 0 Å². The molecule has 2 amide bonds. The summed E-state index contributed by atoms with van der Waals surface area (Å²) in [7, 11) is 0. The number of hydrogen-bond donors (Lipinski definition) is 2. The lowest BCUT2D eigenvalue weighted by atomic mass is 10.0. The molecule has 0 aliphatic carbocycles. The second kappa shape index (κ2) is 5.29. The number of nitrogens with two attached hydrogens (primary N) is 1. The zero-order chi connectivity index (χ0) is 13.1. The van der Waals surface area contributed by atoms with Crippen molar-refractivity contribution in [3.8, 4) is 0 Å². The van der Waals surface area contributed by atoms with Crippen molar-refractivity contribution in [2.75, 3.05) is 11.4 Å². The first-order chi connectivity index (χ1) is 8.56. The van der Waals surface area contributed by atoms with E-state index in [9.17, 15) is 4.79 Å². The standard InChI is InChI=1S/C14H21N3O/c1-10-7-11(2)9-12(8-10)17-6-4-3-5-13(17)16-14(15)18/h7-9,13H,3-6H2,1-2H3,(H3,15,16,18). The Morgan fingerprint density at radius 2 is 1.94 bits per heavy atom. The molecule has 1 aliphatic rings. The Balaban J connectivity index is 2.24. The van der Waals surface area contributed by atoms with Gasteiger partial charge in [-0.05, 0) is 56.4 Å². The number of rotatable bonds is 2. The van der Waals surface area contributed by atoms with E-state index in [0.717, 1.165) is 25.8 Å². The van der Waals surface area contributed by atoms with Crippen LogP contribution in [0.25, 0.3) is 0 Å². The molecule has 0 saturated carbocycles. The zero-order valence-corrected chi connectivity index (χ0v) is 11.1. The highest BCUT2D eigenvalue weighted by atomic mass is 16.2. The van der Waals surface area contributed by atoms with E-state index >= 15 is 0 Å². The number of aryl methyl sites for hydroxylation is 2. The van der Waals surface area contributed by atoms with Gasteiger partial charge in [-0.3, -0.25) is 0 Å². The predicted octanol–water partition coefficient (Wildman–Crippen LogP) is 2.29. The number of amides is 2. The van der Waals surface area contributed by atoms with Crippen LogP contribution in [0.4, 0.5) is 10.5 Å². The number of piperidine rings is 1. The number of carbonyl (C=O) groups is 1. The lowest BCUT2D eigenvalue weighted by Gasteiger charge is -2.37. The summed E-state index contributed by atoms with van der Waals surface area (Å²) in [5.41, 5.74) is 8.91. The van der Waals surface area contributed by atoms with E-state index in [-0.39, 0.29) is 6.17 Å². The fourth-order valence-electron chi connectivity index (χ4n) is 2.67. The van der Waals surface area contributed by atoms with Gasteiger partial charge in [-0.15, -0.1) is 0 Å². The number of anilines is 1. The highest BCUT2D eigenvalue weighted by molar-refractivity contribution is 5.72. The predicted molar refractivity (Wildman–Crippen MR) is 73.6 cm³/mol. The molecule has 0 bridgehead atoms. The first kappa shape index (κ1) is 12.7. The van der Waals surface area contributed by atoms with Gasteiger partial charge in [0.25, 0.3) is 0 Å². The van der Waals surface area contributed by atoms with Crippen LogP contribution in [0.1, 0.15) is 30.4 Å². The monoisotopic (exact) mass is 247 g/mol. The molecule has 1 aromatic carbocycles. The van der Waals surface area contributed by atoms with Gasteiger partial charge >= 0.3 is 6.03 Å². The molecule has 1 saturated heterocycles. The molecular weight excluding hydrogens is 226 g/mol. The SMILES string of the molecule is Cc1cc(C)cc(N2CCCCC2NC(N)=O)c1. The Morgan fingerprint density at radius 3 is 2.56 bits per heavy atom. The first-order valence-electron chi connectivity index (χ1n) is 6.47. The second-order valence-electron chi connectivity index (χ2n) is 5.06. The van der Waals surface area contributed by atoms with Crippen molar-refractivity contribution in [1.29, 1.82) is 0 Å². The summed E-state index contributed by atoms with van der Waals surface area (Å²) in [4.78, 5) is 13.3. The van der Waals surface area contributed by atoms with Gasteiger partial charge < -0.3 is 16.0 Å². The third-order valence-corrected chi connectivity index (χ3v) is 3.35. The molecule has 1 aromatic rings. The molecule has 1 heterocycles. The minimum atomic E-state index is -0.448. The van der Waals surface area contributed by atoms with Crippen LogP contribution in [0.15, 0.2) is 18.2 Å².